The van der Waals surface area contributed by atoms with Crippen LogP contribution in [0.5, 0.6) is 0 Å². The van der Waals surface area contributed by atoms with Crippen molar-refractivity contribution in [2.24, 2.45) is 11.7 Å². The summed E-state index contributed by atoms with van der Waals surface area (Å²) < 4.78 is 5.27. The van der Waals surface area contributed by atoms with Gasteiger partial charge in [-0.1, -0.05) is 12.2 Å². The molecular formula is C12H21N3O2S. The predicted octanol–water partition coefficient (Wildman–Crippen LogP) is -0.158. The van der Waals surface area contributed by atoms with Gasteiger partial charge in [-0.2, -0.15) is 0 Å². The maximum Gasteiger partial charge on any atom is 0.228 e. The van der Waals surface area contributed by atoms with Gasteiger partial charge in [0.05, 0.1) is 23.6 Å². The topological polar surface area (TPSA) is 58.8 Å². The largest absolute Gasteiger partial charge is 0.392 e. The van der Waals surface area contributed by atoms with E-state index >= 15 is 0 Å². The van der Waals surface area contributed by atoms with Crippen LogP contribution in [0.25, 0.3) is 0 Å². The average Bonchev–Trinajstić information content (AvgIpc) is 2.91. The lowest BCUT2D eigenvalue weighted by Crippen LogP contribution is -2.54. The number of rotatable bonds is 3. The first-order valence-electron chi connectivity index (χ1n) is 6.49. The standard InChI is InChI=1S/C12H21N3O2S/c1-9(11(13)18)14-3-5-15(6-4-14)12(16)10-2-7-17-8-10/h9-10H,2-8H2,1H3,(H2,13,18). The normalized spacial score (nSPS) is 27.2. The highest BCUT2D eigenvalue weighted by molar-refractivity contribution is 7.80. The molecular weight excluding hydrogens is 250 g/mol. The van der Waals surface area contributed by atoms with Crippen LogP contribution in [-0.4, -0.2) is 66.1 Å². The lowest BCUT2D eigenvalue weighted by molar-refractivity contribution is -0.137. The molecule has 0 aliphatic carbocycles. The van der Waals surface area contributed by atoms with Crippen LogP contribution in [0.4, 0.5) is 0 Å². The van der Waals surface area contributed by atoms with E-state index in [4.69, 9.17) is 22.7 Å². The Balaban J connectivity index is 1.82. The molecule has 2 atom stereocenters. The molecule has 2 aliphatic heterocycles. The Hall–Kier alpha value is -0.720. The van der Waals surface area contributed by atoms with Gasteiger partial charge in [-0.15, -0.1) is 0 Å². The summed E-state index contributed by atoms with van der Waals surface area (Å²) in [6.07, 6.45) is 0.863. The molecule has 2 fully saturated rings. The predicted molar refractivity (Wildman–Crippen MR) is 73.3 cm³/mol. The van der Waals surface area contributed by atoms with E-state index in [1.165, 1.54) is 0 Å². The maximum atomic E-state index is 12.2. The maximum absolute atomic E-state index is 12.2. The van der Waals surface area contributed by atoms with Crippen LogP contribution in [0.2, 0.25) is 0 Å². The Morgan fingerprint density at radius 2 is 2.06 bits per heavy atom. The molecule has 2 rings (SSSR count). The Kier molecular flexibility index (Phi) is 4.53. The highest BCUT2D eigenvalue weighted by Crippen LogP contribution is 2.17. The molecule has 102 valence electrons. The number of carbonyl (C=O) groups excluding carboxylic acids is 1. The lowest BCUT2D eigenvalue weighted by Gasteiger charge is -2.38. The van der Waals surface area contributed by atoms with Crippen molar-refractivity contribution in [3.63, 3.8) is 0 Å². The van der Waals surface area contributed by atoms with E-state index in [2.05, 4.69) is 4.90 Å². The third kappa shape index (κ3) is 2.99. The summed E-state index contributed by atoms with van der Waals surface area (Å²) in [5, 5.41) is 0. The fourth-order valence-corrected chi connectivity index (χ4v) is 2.65. The first kappa shape index (κ1) is 13.7. The van der Waals surface area contributed by atoms with Crippen LogP contribution in [0.1, 0.15) is 13.3 Å². The summed E-state index contributed by atoms with van der Waals surface area (Å²) >= 11 is 5.01. The first-order chi connectivity index (χ1) is 8.59. The van der Waals surface area contributed by atoms with E-state index < -0.39 is 0 Å². The van der Waals surface area contributed by atoms with Crippen LogP contribution in [0.15, 0.2) is 0 Å². The van der Waals surface area contributed by atoms with E-state index in [0.29, 0.717) is 11.6 Å². The van der Waals surface area contributed by atoms with Gasteiger partial charge >= 0.3 is 0 Å². The molecule has 2 unspecified atom stereocenters. The van der Waals surface area contributed by atoms with Crippen LogP contribution in [0.3, 0.4) is 0 Å². The van der Waals surface area contributed by atoms with E-state index in [9.17, 15) is 4.79 Å². The second-order valence-electron chi connectivity index (χ2n) is 5.00. The highest BCUT2D eigenvalue weighted by Gasteiger charge is 2.31. The third-order valence-corrected chi connectivity index (χ3v) is 4.21. The van der Waals surface area contributed by atoms with Gasteiger partial charge in [0, 0.05) is 32.8 Å². The molecule has 2 saturated heterocycles. The fraction of sp³-hybridized carbons (Fsp3) is 0.833. The van der Waals surface area contributed by atoms with Crippen molar-refractivity contribution in [1.29, 1.82) is 0 Å². The molecule has 6 heteroatoms. The number of carbonyl (C=O) groups is 1. The lowest BCUT2D eigenvalue weighted by atomic mass is 10.1. The smallest absolute Gasteiger partial charge is 0.228 e. The van der Waals surface area contributed by atoms with Crippen molar-refractivity contribution in [1.82, 2.24) is 9.80 Å². The average molecular weight is 271 g/mol. The molecule has 18 heavy (non-hydrogen) atoms. The molecule has 0 aromatic carbocycles. The van der Waals surface area contributed by atoms with Crippen molar-refractivity contribution >= 4 is 23.1 Å². The van der Waals surface area contributed by atoms with Crippen LogP contribution in [-0.2, 0) is 9.53 Å². The monoisotopic (exact) mass is 271 g/mol. The molecule has 2 N–H and O–H groups in total. The second kappa shape index (κ2) is 5.95. The number of ether oxygens (including phenoxy) is 1. The zero-order chi connectivity index (χ0) is 13.1. The number of piperazine rings is 1. The summed E-state index contributed by atoms with van der Waals surface area (Å²) in [6.45, 7) is 6.54. The van der Waals surface area contributed by atoms with Crippen LogP contribution in [0, 0.1) is 5.92 Å². The number of hydrogen-bond acceptors (Lipinski definition) is 4. The minimum Gasteiger partial charge on any atom is -0.392 e. The second-order valence-corrected chi connectivity index (χ2v) is 5.47. The van der Waals surface area contributed by atoms with E-state index in [0.717, 1.165) is 39.2 Å². The number of nitrogens with zero attached hydrogens (tertiary/aromatic N) is 2. The molecule has 2 aliphatic rings. The highest BCUT2D eigenvalue weighted by atomic mass is 32.1. The van der Waals surface area contributed by atoms with Gasteiger partial charge in [-0.25, -0.2) is 0 Å². The van der Waals surface area contributed by atoms with Crippen LogP contribution >= 0.6 is 12.2 Å². The Bertz CT molecular complexity index is 323. The van der Waals surface area contributed by atoms with Gasteiger partial charge in [0.2, 0.25) is 5.91 Å². The zero-order valence-electron chi connectivity index (χ0n) is 10.8. The van der Waals surface area contributed by atoms with Crippen molar-refractivity contribution < 1.29 is 9.53 Å². The Labute approximate surface area is 113 Å². The van der Waals surface area contributed by atoms with E-state index in [1.807, 2.05) is 11.8 Å². The Morgan fingerprint density at radius 3 is 2.56 bits per heavy atom. The molecule has 0 saturated carbocycles. The summed E-state index contributed by atoms with van der Waals surface area (Å²) in [5.74, 6) is 0.319. The van der Waals surface area contributed by atoms with Crippen molar-refractivity contribution in [3.05, 3.63) is 0 Å². The third-order valence-electron chi connectivity index (χ3n) is 3.86. The van der Waals surface area contributed by atoms with Gasteiger partial charge in [0.1, 0.15) is 0 Å². The van der Waals surface area contributed by atoms with Gasteiger partial charge in [0.25, 0.3) is 0 Å². The SMILES string of the molecule is CC(C(N)=S)N1CCN(C(=O)C2CCOC2)CC1. The van der Waals surface area contributed by atoms with Crippen molar-refractivity contribution in [2.75, 3.05) is 39.4 Å². The summed E-state index contributed by atoms with van der Waals surface area (Å²) in [6, 6.07) is 0.118. The number of thiocarbonyl (C=S) groups is 1. The van der Waals surface area contributed by atoms with Gasteiger partial charge < -0.3 is 15.4 Å². The molecule has 5 nitrogen and oxygen atoms in total. The molecule has 2 heterocycles. The molecule has 1 amide bonds. The first-order valence-corrected chi connectivity index (χ1v) is 6.90. The number of amides is 1. The van der Waals surface area contributed by atoms with Crippen LogP contribution < -0.4 is 5.73 Å². The molecule has 0 radical (unpaired) electrons. The Morgan fingerprint density at radius 1 is 1.39 bits per heavy atom. The van der Waals surface area contributed by atoms with E-state index in [1.54, 1.807) is 0 Å². The van der Waals surface area contributed by atoms with Gasteiger partial charge in [-0.05, 0) is 13.3 Å². The minimum absolute atomic E-state index is 0.0737. The molecule has 0 bridgehead atoms. The van der Waals surface area contributed by atoms with Crippen molar-refractivity contribution in [3.8, 4) is 0 Å². The zero-order valence-corrected chi connectivity index (χ0v) is 11.6. The quantitative estimate of drug-likeness (QED) is 0.723. The molecule has 0 spiro atoms. The van der Waals surface area contributed by atoms with Gasteiger partial charge in [-0.3, -0.25) is 9.69 Å². The number of hydrogen-bond donors (Lipinski definition) is 1. The summed E-state index contributed by atoms with van der Waals surface area (Å²) in [4.78, 5) is 16.9. The van der Waals surface area contributed by atoms with Gasteiger partial charge in [0.15, 0.2) is 0 Å². The van der Waals surface area contributed by atoms with E-state index in [-0.39, 0.29) is 17.9 Å². The summed E-state index contributed by atoms with van der Waals surface area (Å²) in [7, 11) is 0. The summed E-state index contributed by atoms with van der Waals surface area (Å²) in [5.41, 5.74) is 5.65. The minimum atomic E-state index is 0.0737. The fourth-order valence-electron chi connectivity index (χ4n) is 2.50. The number of nitrogens with two attached hydrogens (primary N) is 1. The molecule has 0 aromatic rings. The van der Waals surface area contributed by atoms with Crippen molar-refractivity contribution in [2.45, 2.75) is 19.4 Å². The molecule has 0 aromatic heterocycles.